The first kappa shape index (κ1) is 36.5. The van der Waals surface area contributed by atoms with E-state index in [0.717, 1.165) is 23.3 Å². The molecule has 4 aromatic carbocycles. The Balaban J connectivity index is 1.86. The van der Waals surface area contributed by atoms with Crippen LogP contribution in [0.4, 0.5) is 18.9 Å². The number of carbonyl (C=O) groups is 2. The Labute approximate surface area is 284 Å². The lowest BCUT2D eigenvalue weighted by Crippen LogP contribution is -2.54. The lowest BCUT2D eigenvalue weighted by Gasteiger charge is -2.34. The van der Waals surface area contributed by atoms with E-state index in [9.17, 15) is 31.2 Å². The Bertz CT molecular complexity index is 1810. The summed E-state index contributed by atoms with van der Waals surface area (Å²) < 4.78 is 70.6. The van der Waals surface area contributed by atoms with Crippen molar-refractivity contribution in [1.82, 2.24) is 10.2 Å². The molecule has 0 bridgehead atoms. The van der Waals surface area contributed by atoms with Crippen LogP contribution in [0.1, 0.15) is 42.5 Å². The second-order valence-electron chi connectivity index (χ2n) is 11.5. The van der Waals surface area contributed by atoms with Gasteiger partial charge in [0, 0.05) is 19.0 Å². The molecular formula is C36H37ClF3N3O4S. The number of amides is 2. The maximum atomic E-state index is 14.5. The summed E-state index contributed by atoms with van der Waals surface area (Å²) >= 11 is 5.87. The van der Waals surface area contributed by atoms with E-state index in [1.807, 2.05) is 51.1 Å². The number of nitrogens with zero attached hydrogens (tertiary/aromatic N) is 2. The van der Waals surface area contributed by atoms with E-state index in [1.54, 1.807) is 30.3 Å². The molecule has 0 aliphatic carbocycles. The predicted molar refractivity (Wildman–Crippen MR) is 181 cm³/mol. The van der Waals surface area contributed by atoms with Gasteiger partial charge in [0.2, 0.25) is 11.8 Å². The van der Waals surface area contributed by atoms with Crippen LogP contribution in [0.3, 0.4) is 0 Å². The van der Waals surface area contributed by atoms with Crippen LogP contribution in [0.2, 0.25) is 5.02 Å². The predicted octanol–water partition coefficient (Wildman–Crippen LogP) is 7.42. The summed E-state index contributed by atoms with van der Waals surface area (Å²) in [5.41, 5.74) is 0.725. The van der Waals surface area contributed by atoms with E-state index in [0.29, 0.717) is 22.4 Å². The Kier molecular flexibility index (Phi) is 11.9. The van der Waals surface area contributed by atoms with Crippen molar-refractivity contribution < 1.29 is 31.2 Å². The van der Waals surface area contributed by atoms with Crippen LogP contribution in [-0.2, 0) is 38.8 Å². The van der Waals surface area contributed by atoms with E-state index in [2.05, 4.69) is 5.32 Å². The van der Waals surface area contributed by atoms with Crippen molar-refractivity contribution in [3.63, 3.8) is 0 Å². The number of carbonyl (C=O) groups excluding carboxylic acids is 2. The molecule has 254 valence electrons. The minimum Gasteiger partial charge on any atom is -0.352 e. The molecule has 0 unspecified atom stereocenters. The number of halogens is 4. The second kappa shape index (κ2) is 15.7. The Morgan fingerprint density at radius 3 is 2.06 bits per heavy atom. The first-order valence-electron chi connectivity index (χ1n) is 15.3. The van der Waals surface area contributed by atoms with Crippen LogP contribution < -0.4 is 9.62 Å². The normalized spacial score (nSPS) is 13.0. The highest BCUT2D eigenvalue weighted by atomic mass is 35.5. The standard InChI is InChI=1S/C36H37ClF3N3O4S/c1-4-26(3)41-35(45)33(21-27-11-7-5-8-12-27)42(23-28-17-15-25(2)16-18-28)34(44)24-43(48(46,47)30-13-9-6-10-14-30)29-19-20-32(37)31(22-29)36(38,39)40/h5-20,22,26,33H,4,21,23-24H2,1-3H3,(H,41,45)/t26-,33+/m1/s1. The molecule has 0 saturated carbocycles. The van der Waals surface area contributed by atoms with Gasteiger partial charge < -0.3 is 10.2 Å². The van der Waals surface area contributed by atoms with Gasteiger partial charge in [-0.1, -0.05) is 96.9 Å². The third-order valence-electron chi connectivity index (χ3n) is 7.90. The van der Waals surface area contributed by atoms with Gasteiger partial charge in [-0.3, -0.25) is 13.9 Å². The Morgan fingerprint density at radius 2 is 1.48 bits per heavy atom. The molecule has 12 heteroatoms. The average molecular weight is 700 g/mol. The zero-order valence-electron chi connectivity index (χ0n) is 26.7. The van der Waals surface area contributed by atoms with Gasteiger partial charge in [0.15, 0.2) is 0 Å². The number of hydrogen-bond acceptors (Lipinski definition) is 4. The SMILES string of the molecule is CC[C@@H](C)NC(=O)[C@H](Cc1ccccc1)N(Cc1ccc(C)cc1)C(=O)CN(c1ccc(Cl)c(C(F)(F)F)c1)S(=O)(=O)c1ccccc1. The van der Waals surface area contributed by atoms with Gasteiger partial charge in [0.1, 0.15) is 12.6 Å². The van der Waals surface area contributed by atoms with E-state index in [-0.39, 0.29) is 23.9 Å². The van der Waals surface area contributed by atoms with Crippen LogP contribution in [-0.4, -0.2) is 43.8 Å². The van der Waals surface area contributed by atoms with Gasteiger partial charge in [0.25, 0.3) is 10.0 Å². The quantitative estimate of drug-likeness (QED) is 0.157. The van der Waals surface area contributed by atoms with E-state index < -0.39 is 56.9 Å². The molecule has 0 aromatic heterocycles. The molecule has 0 radical (unpaired) electrons. The van der Waals surface area contributed by atoms with Crippen molar-refractivity contribution in [2.24, 2.45) is 0 Å². The van der Waals surface area contributed by atoms with Crippen LogP contribution >= 0.6 is 11.6 Å². The van der Waals surface area contributed by atoms with Crippen molar-refractivity contribution in [3.05, 3.63) is 130 Å². The van der Waals surface area contributed by atoms with Crippen molar-refractivity contribution in [1.29, 1.82) is 0 Å². The zero-order chi connectivity index (χ0) is 35.1. The second-order valence-corrected chi connectivity index (χ2v) is 13.8. The molecule has 4 rings (SSSR count). The van der Waals surface area contributed by atoms with E-state index >= 15 is 0 Å². The fraction of sp³-hybridized carbons (Fsp3) is 0.278. The minimum atomic E-state index is -4.90. The molecule has 1 N–H and O–H groups in total. The maximum Gasteiger partial charge on any atom is 0.417 e. The Morgan fingerprint density at radius 1 is 0.875 bits per heavy atom. The first-order chi connectivity index (χ1) is 22.7. The molecule has 0 aliphatic rings. The fourth-order valence-electron chi connectivity index (χ4n) is 5.02. The zero-order valence-corrected chi connectivity index (χ0v) is 28.3. The summed E-state index contributed by atoms with van der Waals surface area (Å²) in [6, 6.07) is 24.8. The fourth-order valence-corrected chi connectivity index (χ4v) is 6.67. The average Bonchev–Trinajstić information content (AvgIpc) is 3.06. The minimum absolute atomic E-state index is 0.0712. The number of hydrogen-bond donors (Lipinski definition) is 1. The topological polar surface area (TPSA) is 86.8 Å². The molecule has 7 nitrogen and oxygen atoms in total. The van der Waals surface area contributed by atoms with Crippen LogP contribution in [0.5, 0.6) is 0 Å². The highest BCUT2D eigenvalue weighted by Gasteiger charge is 2.37. The number of aryl methyl sites for hydroxylation is 1. The van der Waals surface area contributed by atoms with Crippen molar-refractivity contribution in [2.75, 3.05) is 10.8 Å². The van der Waals surface area contributed by atoms with Gasteiger partial charge >= 0.3 is 6.18 Å². The molecule has 0 saturated heterocycles. The Hall–Kier alpha value is -4.35. The molecule has 4 aromatic rings. The molecule has 48 heavy (non-hydrogen) atoms. The third kappa shape index (κ3) is 9.17. The van der Waals surface area contributed by atoms with Crippen LogP contribution in [0.25, 0.3) is 0 Å². The molecule has 2 amide bonds. The van der Waals surface area contributed by atoms with Gasteiger partial charge in [-0.25, -0.2) is 8.42 Å². The summed E-state index contributed by atoms with van der Waals surface area (Å²) in [6.07, 6.45) is -4.17. The molecule has 0 heterocycles. The van der Waals surface area contributed by atoms with Crippen molar-refractivity contribution in [2.45, 2.75) is 63.3 Å². The summed E-state index contributed by atoms with van der Waals surface area (Å²) in [4.78, 5) is 29.5. The van der Waals surface area contributed by atoms with Crippen LogP contribution in [0.15, 0.2) is 108 Å². The number of anilines is 1. The molecule has 0 spiro atoms. The number of alkyl halides is 3. The van der Waals surface area contributed by atoms with Crippen molar-refractivity contribution in [3.8, 4) is 0 Å². The first-order valence-corrected chi connectivity index (χ1v) is 17.2. The monoisotopic (exact) mass is 699 g/mol. The lowest BCUT2D eigenvalue weighted by molar-refractivity contribution is -0.140. The molecule has 2 atom stereocenters. The number of rotatable bonds is 13. The smallest absolute Gasteiger partial charge is 0.352 e. The van der Waals surface area contributed by atoms with E-state index in [4.69, 9.17) is 11.6 Å². The maximum absolute atomic E-state index is 14.5. The summed E-state index contributed by atoms with van der Waals surface area (Å²) in [6.45, 7) is 4.66. The number of benzene rings is 4. The largest absolute Gasteiger partial charge is 0.417 e. The highest BCUT2D eigenvalue weighted by Crippen LogP contribution is 2.38. The van der Waals surface area contributed by atoms with Crippen molar-refractivity contribution >= 4 is 39.1 Å². The van der Waals surface area contributed by atoms with Crippen LogP contribution in [0, 0.1) is 6.92 Å². The van der Waals surface area contributed by atoms with Gasteiger partial charge in [-0.2, -0.15) is 13.2 Å². The molecule has 0 fully saturated rings. The summed E-state index contributed by atoms with van der Waals surface area (Å²) in [5, 5.41) is 2.32. The number of sulfonamides is 1. The lowest BCUT2D eigenvalue weighted by atomic mass is 10.0. The van der Waals surface area contributed by atoms with E-state index in [1.165, 1.54) is 29.2 Å². The highest BCUT2D eigenvalue weighted by molar-refractivity contribution is 7.92. The summed E-state index contributed by atoms with van der Waals surface area (Å²) in [5.74, 6) is -1.24. The number of nitrogens with one attached hydrogen (secondary N) is 1. The van der Waals surface area contributed by atoms with Gasteiger partial charge in [-0.15, -0.1) is 0 Å². The summed E-state index contributed by atoms with van der Waals surface area (Å²) in [7, 11) is -4.59. The third-order valence-corrected chi connectivity index (χ3v) is 10.0. The van der Waals surface area contributed by atoms with Gasteiger partial charge in [0.05, 0.1) is 21.2 Å². The van der Waals surface area contributed by atoms with Gasteiger partial charge in [-0.05, 0) is 61.7 Å². The molecular weight excluding hydrogens is 663 g/mol. The molecule has 0 aliphatic heterocycles.